The molecule has 0 radical (unpaired) electrons. The van der Waals surface area contributed by atoms with Gasteiger partial charge in [-0.1, -0.05) is 68.4 Å². The topological polar surface area (TPSA) is 87.0 Å². The number of aromatic nitrogens is 4. The van der Waals surface area contributed by atoms with Crippen molar-refractivity contribution in [3.63, 3.8) is 0 Å². The van der Waals surface area contributed by atoms with Crippen LogP contribution in [0.1, 0.15) is 47.5 Å². The van der Waals surface area contributed by atoms with Crippen LogP contribution in [0, 0.1) is 23.7 Å². The van der Waals surface area contributed by atoms with E-state index < -0.39 is 9.84 Å². The van der Waals surface area contributed by atoms with Crippen molar-refractivity contribution in [1.29, 1.82) is 0 Å². The van der Waals surface area contributed by atoms with Crippen molar-refractivity contribution >= 4 is 9.84 Å². The third-order valence-electron chi connectivity index (χ3n) is 7.30. The molecule has 1 saturated carbocycles. The Labute approximate surface area is 208 Å². The fourth-order valence-electron chi connectivity index (χ4n) is 4.97. The van der Waals surface area contributed by atoms with Gasteiger partial charge in [0, 0.05) is 0 Å². The third kappa shape index (κ3) is 5.81. The number of rotatable bonds is 9. The molecule has 1 aliphatic heterocycles. The average molecular weight is 497 g/mol. The molecule has 4 rings (SSSR count). The number of hydrogen-bond donors (Lipinski definition) is 0. The van der Waals surface area contributed by atoms with Crippen LogP contribution in [0.2, 0.25) is 0 Å². The van der Waals surface area contributed by atoms with Crippen LogP contribution in [0.15, 0.2) is 70.9 Å². The van der Waals surface area contributed by atoms with Gasteiger partial charge in [-0.3, -0.25) is 0 Å². The number of allylic oxidation sites excluding steroid dienone is 3. The van der Waals surface area contributed by atoms with E-state index in [1.165, 1.54) is 15.8 Å². The Morgan fingerprint density at radius 2 is 2.03 bits per heavy atom. The molecule has 1 fully saturated rings. The van der Waals surface area contributed by atoms with Crippen LogP contribution in [0.3, 0.4) is 0 Å². The summed E-state index contributed by atoms with van der Waals surface area (Å²) >= 11 is 0. The van der Waals surface area contributed by atoms with Gasteiger partial charge in [-0.15, -0.1) is 0 Å². The molecule has 0 unspecified atom stereocenters. The molecule has 0 saturated heterocycles. The van der Waals surface area contributed by atoms with E-state index in [0.29, 0.717) is 11.6 Å². The fourth-order valence-corrected chi connectivity index (χ4v) is 6.72. The highest BCUT2D eigenvalue weighted by Crippen LogP contribution is 2.48. The number of tetrazole rings is 1. The van der Waals surface area contributed by atoms with E-state index >= 15 is 0 Å². The Hall–Kier alpha value is -2.58. The highest BCUT2D eigenvalue weighted by atomic mass is 32.2. The van der Waals surface area contributed by atoms with Crippen molar-refractivity contribution in [2.24, 2.45) is 23.7 Å². The standard InChI is InChI=1S/C27H36N4O3S/c1-6-25-19(3)13-15-26(34-25)20(4)16-18(2)12-14-23-21(5)24(23)17-35(32,33)27-28-29-30-31(27)22-10-8-7-9-11-22/h7-14,16,18,21,23-26H,6,15,17H2,1-5H3/b14-12+,20-16+/t18-,21+,23-,24-,25-,26-/m1/s1. The second-order valence-electron chi connectivity index (χ2n) is 9.95. The predicted molar refractivity (Wildman–Crippen MR) is 137 cm³/mol. The van der Waals surface area contributed by atoms with Crippen LogP contribution in [0.4, 0.5) is 0 Å². The summed E-state index contributed by atoms with van der Waals surface area (Å²) in [4.78, 5) is 0. The number of nitrogens with zero attached hydrogens (tertiary/aromatic N) is 4. The van der Waals surface area contributed by atoms with Crippen molar-refractivity contribution in [2.75, 3.05) is 5.75 Å². The minimum Gasteiger partial charge on any atom is -0.366 e. The quantitative estimate of drug-likeness (QED) is 0.456. The molecule has 6 atom stereocenters. The van der Waals surface area contributed by atoms with Crippen LogP contribution in [0.25, 0.3) is 5.69 Å². The lowest BCUT2D eigenvalue weighted by molar-refractivity contribution is 0.0178. The second-order valence-corrected chi connectivity index (χ2v) is 11.9. The minimum absolute atomic E-state index is 0.0413. The molecule has 1 aromatic heterocycles. The Bertz CT molecular complexity index is 1220. The van der Waals surface area contributed by atoms with Gasteiger partial charge in [-0.05, 0) is 84.1 Å². The molecule has 7 nitrogen and oxygen atoms in total. The van der Waals surface area contributed by atoms with Gasteiger partial charge < -0.3 is 4.74 Å². The van der Waals surface area contributed by atoms with Crippen molar-refractivity contribution < 1.29 is 13.2 Å². The van der Waals surface area contributed by atoms with Gasteiger partial charge in [-0.2, -0.15) is 4.68 Å². The van der Waals surface area contributed by atoms with Gasteiger partial charge in [0.05, 0.1) is 23.6 Å². The Balaban J connectivity index is 1.37. The summed E-state index contributed by atoms with van der Waals surface area (Å²) < 4.78 is 33.9. The van der Waals surface area contributed by atoms with Crippen molar-refractivity contribution in [2.45, 2.75) is 64.8 Å². The number of ether oxygens (including phenoxy) is 1. The number of hydrogen-bond acceptors (Lipinski definition) is 6. The highest BCUT2D eigenvalue weighted by molar-refractivity contribution is 7.91. The smallest absolute Gasteiger partial charge is 0.272 e. The summed E-state index contributed by atoms with van der Waals surface area (Å²) in [7, 11) is -3.62. The monoisotopic (exact) mass is 496 g/mol. The summed E-state index contributed by atoms with van der Waals surface area (Å²) in [5, 5.41) is 11.3. The molecular weight excluding hydrogens is 460 g/mol. The maximum atomic E-state index is 13.1. The Kier molecular flexibility index (Phi) is 7.71. The second kappa shape index (κ2) is 10.6. The lowest BCUT2D eigenvalue weighted by Gasteiger charge is -2.29. The van der Waals surface area contributed by atoms with Crippen LogP contribution in [-0.2, 0) is 14.6 Å². The lowest BCUT2D eigenvalue weighted by atomic mass is 9.96. The molecule has 1 aromatic carbocycles. The molecule has 2 aromatic rings. The number of benzene rings is 1. The van der Waals surface area contributed by atoms with Crippen LogP contribution in [0.5, 0.6) is 0 Å². The first-order valence-corrected chi connectivity index (χ1v) is 14.1. The first-order chi connectivity index (χ1) is 16.7. The maximum absolute atomic E-state index is 13.1. The third-order valence-corrected chi connectivity index (χ3v) is 8.93. The number of para-hydroxylation sites is 1. The van der Waals surface area contributed by atoms with E-state index in [0.717, 1.165) is 12.8 Å². The van der Waals surface area contributed by atoms with Crippen LogP contribution < -0.4 is 0 Å². The van der Waals surface area contributed by atoms with Crippen LogP contribution in [-0.4, -0.2) is 46.6 Å². The lowest BCUT2D eigenvalue weighted by Crippen LogP contribution is -2.27. The zero-order chi connectivity index (χ0) is 25.2. The molecule has 0 bridgehead atoms. The molecular formula is C27H36N4O3S. The number of sulfone groups is 1. The average Bonchev–Trinajstić information content (AvgIpc) is 3.22. The SMILES string of the molecule is CC[C@H]1O[C@@H](/C(C)=C/[C@H](C)/C=C/[C@@H]2[C@H](C)[C@H]2CS(=O)(=O)c2nnnn2-c2ccccc2)CC=C1C. The molecule has 2 heterocycles. The van der Waals surface area contributed by atoms with E-state index in [1.807, 2.05) is 18.2 Å². The zero-order valence-corrected chi connectivity index (χ0v) is 22.0. The van der Waals surface area contributed by atoms with E-state index in [2.05, 4.69) is 74.4 Å². The van der Waals surface area contributed by atoms with Gasteiger partial charge in [0.2, 0.25) is 9.84 Å². The minimum atomic E-state index is -3.62. The molecule has 0 amide bonds. The van der Waals surface area contributed by atoms with E-state index in [4.69, 9.17) is 4.74 Å². The molecule has 1 aliphatic carbocycles. The molecule has 2 aliphatic rings. The van der Waals surface area contributed by atoms with Gasteiger partial charge in [0.1, 0.15) is 0 Å². The molecule has 35 heavy (non-hydrogen) atoms. The normalized spacial score (nSPS) is 28.2. The molecule has 0 spiro atoms. The zero-order valence-electron chi connectivity index (χ0n) is 21.2. The summed E-state index contributed by atoms with van der Waals surface area (Å²) in [5.41, 5.74) is 3.20. The van der Waals surface area contributed by atoms with Crippen molar-refractivity contribution in [3.05, 3.63) is 65.8 Å². The van der Waals surface area contributed by atoms with Crippen molar-refractivity contribution in [1.82, 2.24) is 20.2 Å². The largest absolute Gasteiger partial charge is 0.366 e. The predicted octanol–water partition coefficient (Wildman–Crippen LogP) is 4.97. The summed E-state index contributed by atoms with van der Waals surface area (Å²) in [6.07, 6.45) is 11.2. The van der Waals surface area contributed by atoms with Gasteiger partial charge in [-0.25, -0.2) is 8.42 Å². The Morgan fingerprint density at radius 3 is 2.74 bits per heavy atom. The fraction of sp³-hybridized carbons (Fsp3) is 0.519. The summed E-state index contributed by atoms with van der Waals surface area (Å²) in [6.45, 7) is 10.7. The van der Waals surface area contributed by atoms with E-state index in [-0.39, 0.29) is 40.9 Å². The van der Waals surface area contributed by atoms with Gasteiger partial charge in [0.25, 0.3) is 5.16 Å². The molecule has 8 heteroatoms. The highest BCUT2D eigenvalue weighted by Gasteiger charge is 2.48. The first kappa shape index (κ1) is 25.5. The molecule has 0 N–H and O–H groups in total. The van der Waals surface area contributed by atoms with Crippen molar-refractivity contribution in [3.8, 4) is 5.69 Å². The summed E-state index contributed by atoms with van der Waals surface area (Å²) in [6, 6.07) is 9.10. The van der Waals surface area contributed by atoms with E-state index in [1.54, 1.807) is 12.1 Å². The summed E-state index contributed by atoms with van der Waals surface area (Å²) in [5.74, 6) is 0.901. The maximum Gasteiger partial charge on any atom is 0.272 e. The van der Waals surface area contributed by atoms with E-state index in [9.17, 15) is 8.42 Å². The molecule has 188 valence electrons. The Morgan fingerprint density at radius 1 is 1.29 bits per heavy atom. The van der Waals surface area contributed by atoms with Gasteiger partial charge >= 0.3 is 0 Å². The van der Waals surface area contributed by atoms with Gasteiger partial charge in [0.15, 0.2) is 0 Å². The van der Waals surface area contributed by atoms with Crippen LogP contribution >= 0.6 is 0 Å². The first-order valence-electron chi connectivity index (χ1n) is 12.5.